The van der Waals surface area contributed by atoms with E-state index in [1.807, 2.05) is 6.08 Å². The highest BCUT2D eigenvalue weighted by molar-refractivity contribution is 6.23. The van der Waals surface area contributed by atoms with Crippen LogP contribution in [0.2, 0.25) is 0 Å². The number of allylic oxidation sites excluding steroid dienone is 1. The quantitative estimate of drug-likeness (QED) is 0.447. The Kier molecular flexibility index (Phi) is 3.63. The monoisotopic (exact) mass is 174 g/mol. The van der Waals surface area contributed by atoms with Crippen molar-refractivity contribution in [1.82, 2.24) is 0 Å². The third-order valence-electron chi connectivity index (χ3n) is 1.60. The van der Waals surface area contributed by atoms with Crippen LogP contribution in [0.4, 0.5) is 0 Å². The molecule has 0 heterocycles. The van der Waals surface area contributed by atoms with Gasteiger partial charge in [0.2, 0.25) is 0 Å². The average molecular weight is 175 g/mol. The highest BCUT2D eigenvalue weighted by Crippen LogP contribution is 2.34. The average Bonchev–Trinajstić information content (AvgIpc) is 1.55. The maximum Gasteiger partial charge on any atom is 0.0395 e. The standard InChI is InChI=1S/C10H19Cl/c1-6-7-9(2,3)8-10(4,5)11/h6H,1,7-8H2,2-5H3. The smallest absolute Gasteiger partial charge is 0.0395 e. The second-order valence-corrected chi connectivity index (χ2v) is 5.58. The van der Waals surface area contributed by atoms with Gasteiger partial charge in [-0.05, 0) is 32.1 Å². The van der Waals surface area contributed by atoms with Gasteiger partial charge in [-0.3, -0.25) is 0 Å². The van der Waals surface area contributed by atoms with Crippen molar-refractivity contribution in [2.45, 2.75) is 45.4 Å². The van der Waals surface area contributed by atoms with E-state index in [-0.39, 0.29) is 10.3 Å². The topological polar surface area (TPSA) is 0 Å². The van der Waals surface area contributed by atoms with Crippen LogP contribution in [0.3, 0.4) is 0 Å². The molecular weight excluding hydrogens is 156 g/mol. The molecule has 0 aromatic heterocycles. The summed E-state index contributed by atoms with van der Waals surface area (Å²) in [4.78, 5) is -0.0908. The van der Waals surface area contributed by atoms with E-state index in [2.05, 4.69) is 34.3 Å². The first-order chi connectivity index (χ1) is 4.77. The normalized spacial score (nSPS) is 13.2. The summed E-state index contributed by atoms with van der Waals surface area (Å²) in [7, 11) is 0. The second kappa shape index (κ2) is 3.62. The molecule has 0 N–H and O–H groups in total. The van der Waals surface area contributed by atoms with Crippen LogP contribution < -0.4 is 0 Å². The van der Waals surface area contributed by atoms with Crippen LogP contribution >= 0.6 is 11.6 Å². The molecule has 66 valence electrons. The SMILES string of the molecule is C=CCC(C)(C)CC(C)(C)Cl. The Bertz CT molecular complexity index is 128. The molecular formula is C10H19Cl. The largest absolute Gasteiger partial charge is 0.120 e. The lowest BCUT2D eigenvalue weighted by atomic mass is 9.81. The zero-order valence-electron chi connectivity index (χ0n) is 8.08. The molecule has 0 unspecified atom stereocenters. The second-order valence-electron chi connectivity index (χ2n) is 4.55. The zero-order chi connectivity index (χ0) is 9.12. The van der Waals surface area contributed by atoms with E-state index < -0.39 is 0 Å². The van der Waals surface area contributed by atoms with Crippen molar-refractivity contribution in [2.75, 3.05) is 0 Å². The van der Waals surface area contributed by atoms with E-state index in [1.54, 1.807) is 0 Å². The van der Waals surface area contributed by atoms with E-state index in [9.17, 15) is 0 Å². The van der Waals surface area contributed by atoms with E-state index in [4.69, 9.17) is 11.6 Å². The molecule has 0 aliphatic heterocycles. The predicted molar refractivity (Wildman–Crippen MR) is 53.1 cm³/mol. The molecule has 0 rings (SSSR count). The third-order valence-corrected chi connectivity index (χ3v) is 1.73. The van der Waals surface area contributed by atoms with Crippen LogP contribution in [0.15, 0.2) is 12.7 Å². The lowest BCUT2D eigenvalue weighted by molar-refractivity contribution is 0.304. The molecule has 0 aromatic rings. The third kappa shape index (κ3) is 6.43. The van der Waals surface area contributed by atoms with Gasteiger partial charge in [-0.15, -0.1) is 18.2 Å². The van der Waals surface area contributed by atoms with E-state index in [0.717, 1.165) is 12.8 Å². The van der Waals surface area contributed by atoms with E-state index in [0.29, 0.717) is 0 Å². The highest BCUT2D eigenvalue weighted by Gasteiger charge is 2.25. The fourth-order valence-corrected chi connectivity index (χ4v) is 1.96. The summed E-state index contributed by atoms with van der Waals surface area (Å²) in [5.74, 6) is 0. The fourth-order valence-electron chi connectivity index (χ4n) is 1.60. The first-order valence-electron chi connectivity index (χ1n) is 4.07. The maximum absolute atomic E-state index is 6.12. The van der Waals surface area contributed by atoms with Crippen molar-refractivity contribution >= 4 is 11.6 Å². The minimum Gasteiger partial charge on any atom is -0.120 e. The van der Waals surface area contributed by atoms with Gasteiger partial charge in [-0.25, -0.2) is 0 Å². The highest BCUT2D eigenvalue weighted by atomic mass is 35.5. The van der Waals surface area contributed by atoms with Crippen LogP contribution in [0, 0.1) is 5.41 Å². The van der Waals surface area contributed by atoms with Crippen molar-refractivity contribution in [3.63, 3.8) is 0 Å². The van der Waals surface area contributed by atoms with Gasteiger partial charge in [-0.2, -0.15) is 0 Å². The first kappa shape index (κ1) is 11.0. The predicted octanol–water partition coefficient (Wildman–Crippen LogP) is 4.00. The molecule has 0 aliphatic rings. The molecule has 0 radical (unpaired) electrons. The molecule has 0 saturated heterocycles. The zero-order valence-corrected chi connectivity index (χ0v) is 8.83. The number of rotatable bonds is 4. The van der Waals surface area contributed by atoms with Crippen LogP contribution in [0.25, 0.3) is 0 Å². The summed E-state index contributed by atoms with van der Waals surface area (Å²) in [5.41, 5.74) is 0.285. The maximum atomic E-state index is 6.12. The van der Waals surface area contributed by atoms with E-state index in [1.165, 1.54) is 0 Å². The summed E-state index contributed by atoms with van der Waals surface area (Å²) in [6, 6.07) is 0. The number of alkyl halides is 1. The van der Waals surface area contributed by atoms with Gasteiger partial charge in [0.05, 0.1) is 0 Å². The molecule has 0 aliphatic carbocycles. The lowest BCUT2D eigenvalue weighted by Crippen LogP contribution is -2.22. The first-order valence-corrected chi connectivity index (χ1v) is 4.44. The fraction of sp³-hybridized carbons (Fsp3) is 0.800. The van der Waals surface area contributed by atoms with Crippen LogP contribution in [0.5, 0.6) is 0 Å². The van der Waals surface area contributed by atoms with Gasteiger partial charge in [0, 0.05) is 4.87 Å². The van der Waals surface area contributed by atoms with Gasteiger partial charge in [0.1, 0.15) is 0 Å². The van der Waals surface area contributed by atoms with Gasteiger partial charge < -0.3 is 0 Å². The molecule has 0 fully saturated rings. The van der Waals surface area contributed by atoms with Gasteiger partial charge in [0.15, 0.2) is 0 Å². The molecule has 0 atom stereocenters. The van der Waals surface area contributed by atoms with Crippen LogP contribution in [-0.2, 0) is 0 Å². The Morgan fingerprint density at radius 1 is 1.27 bits per heavy atom. The summed E-state index contributed by atoms with van der Waals surface area (Å²) >= 11 is 6.12. The Labute approximate surface area is 75.6 Å². The molecule has 11 heavy (non-hydrogen) atoms. The Morgan fingerprint density at radius 3 is 2.00 bits per heavy atom. The summed E-state index contributed by atoms with van der Waals surface area (Å²) in [5, 5.41) is 0. The molecule has 0 aromatic carbocycles. The number of halogens is 1. The molecule has 0 nitrogen and oxygen atoms in total. The van der Waals surface area contributed by atoms with Gasteiger partial charge in [-0.1, -0.05) is 19.9 Å². The van der Waals surface area contributed by atoms with Crippen molar-refractivity contribution in [3.8, 4) is 0 Å². The minimum atomic E-state index is -0.0908. The Morgan fingerprint density at radius 2 is 1.73 bits per heavy atom. The summed E-state index contributed by atoms with van der Waals surface area (Å²) < 4.78 is 0. The molecule has 0 spiro atoms. The van der Waals surface area contributed by atoms with Crippen molar-refractivity contribution in [3.05, 3.63) is 12.7 Å². The summed E-state index contributed by atoms with van der Waals surface area (Å²) in [6.45, 7) is 12.3. The molecule has 0 saturated carbocycles. The van der Waals surface area contributed by atoms with Crippen LogP contribution in [-0.4, -0.2) is 4.87 Å². The van der Waals surface area contributed by atoms with Gasteiger partial charge in [0.25, 0.3) is 0 Å². The molecule has 1 heteroatoms. The molecule has 0 bridgehead atoms. The van der Waals surface area contributed by atoms with Crippen LogP contribution in [0.1, 0.15) is 40.5 Å². The molecule has 0 amide bonds. The van der Waals surface area contributed by atoms with Crippen molar-refractivity contribution < 1.29 is 0 Å². The Balaban J connectivity index is 4.00. The number of hydrogen-bond acceptors (Lipinski definition) is 0. The van der Waals surface area contributed by atoms with Crippen molar-refractivity contribution in [1.29, 1.82) is 0 Å². The lowest BCUT2D eigenvalue weighted by Gasteiger charge is -2.29. The minimum absolute atomic E-state index is 0.0908. The van der Waals surface area contributed by atoms with Crippen molar-refractivity contribution in [2.24, 2.45) is 5.41 Å². The Hall–Kier alpha value is 0.0300. The number of hydrogen-bond donors (Lipinski definition) is 0. The summed E-state index contributed by atoms with van der Waals surface area (Å²) in [6.07, 6.45) is 4.01. The van der Waals surface area contributed by atoms with E-state index >= 15 is 0 Å². The van der Waals surface area contributed by atoms with Gasteiger partial charge >= 0.3 is 0 Å².